The lowest BCUT2D eigenvalue weighted by Crippen LogP contribution is -2.25. The van der Waals surface area contributed by atoms with Gasteiger partial charge in [0.05, 0.1) is 6.42 Å². The van der Waals surface area contributed by atoms with Gasteiger partial charge in [0.1, 0.15) is 18.0 Å². The Morgan fingerprint density at radius 3 is 2.42 bits per heavy atom. The summed E-state index contributed by atoms with van der Waals surface area (Å²) in [4.78, 5) is 12.1. The van der Waals surface area contributed by atoms with Crippen LogP contribution in [0.4, 0.5) is 0 Å². The van der Waals surface area contributed by atoms with Crippen molar-refractivity contribution < 1.29 is 14.3 Å². The Balaban J connectivity index is 2.09. The lowest BCUT2D eigenvalue weighted by Gasteiger charge is -2.20. The van der Waals surface area contributed by atoms with E-state index in [4.69, 9.17) is 9.47 Å². The topological polar surface area (TPSA) is 35.5 Å². The van der Waals surface area contributed by atoms with Crippen LogP contribution in [0.5, 0.6) is 5.75 Å². The zero-order valence-corrected chi connectivity index (χ0v) is 16.1. The van der Waals surface area contributed by atoms with Crippen LogP contribution in [0.2, 0.25) is 0 Å². The molecule has 0 bridgehead atoms. The van der Waals surface area contributed by atoms with Crippen LogP contribution in [0, 0.1) is 6.92 Å². The van der Waals surface area contributed by atoms with Gasteiger partial charge in [0.2, 0.25) is 0 Å². The SMILES string of the molecule is Cc1c(Br)cccc1COc1ccccc1CC(=O)OC(C)(C)C. The average molecular weight is 391 g/mol. The summed E-state index contributed by atoms with van der Waals surface area (Å²) in [5.74, 6) is 0.458. The van der Waals surface area contributed by atoms with E-state index >= 15 is 0 Å². The van der Waals surface area contributed by atoms with Gasteiger partial charge in [-0.05, 0) is 51.0 Å². The summed E-state index contributed by atoms with van der Waals surface area (Å²) in [5.41, 5.74) is 2.61. The minimum atomic E-state index is -0.486. The summed E-state index contributed by atoms with van der Waals surface area (Å²) in [7, 11) is 0. The number of rotatable bonds is 5. The summed E-state index contributed by atoms with van der Waals surface area (Å²) in [5, 5.41) is 0. The third kappa shape index (κ3) is 5.38. The highest BCUT2D eigenvalue weighted by molar-refractivity contribution is 9.10. The molecule has 0 unspecified atom stereocenters. The van der Waals surface area contributed by atoms with E-state index in [1.165, 1.54) is 0 Å². The summed E-state index contributed by atoms with van der Waals surface area (Å²) in [6.45, 7) is 8.10. The van der Waals surface area contributed by atoms with Crippen molar-refractivity contribution in [2.45, 2.75) is 46.3 Å². The predicted octanol–water partition coefficient (Wildman–Crippen LogP) is 5.22. The zero-order chi connectivity index (χ0) is 17.7. The fourth-order valence-corrected chi connectivity index (χ4v) is 2.70. The second kappa shape index (κ2) is 7.84. The van der Waals surface area contributed by atoms with Crippen molar-refractivity contribution in [3.63, 3.8) is 0 Å². The van der Waals surface area contributed by atoms with E-state index in [0.717, 1.165) is 21.2 Å². The number of esters is 1. The summed E-state index contributed by atoms with van der Waals surface area (Å²) >= 11 is 3.53. The molecule has 0 N–H and O–H groups in total. The third-order valence-corrected chi connectivity index (χ3v) is 4.35. The first kappa shape index (κ1) is 18.5. The number of benzene rings is 2. The molecule has 0 atom stereocenters. The first-order valence-corrected chi connectivity index (χ1v) is 8.72. The molecule has 128 valence electrons. The van der Waals surface area contributed by atoms with E-state index < -0.39 is 5.60 Å². The highest BCUT2D eigenvalue weighted by Crippen LogP contribution is 2.24. The van der Waals surface area contributed by atoms with Crippen LogP contribution >= 0.6 is 15.9 Å². The van der Waals surface area contributed by atoms with Crippen molar-refractivity contribution in [2.24, 2.45) is 0 Å². The Morgan fingerprint density at radius 1 is 1.04 bits per heavy atom. The Hall–Kier alpha value is -1.81. The maximum atomic E-state index is 12.1. The fraction of sp³-hybridized carbons (Fsp3) is 0.350. The molecule has 0 aliphatic heterocycles. The van der Waals surface area contributed by atoms with Crippen molar-refractivity contribution in [1.29, 1.82) is 0 Å². The molecule has 0 spiro atoms. The van der Waals surface area contributed by atoms with E-state index in [9.17, 15) is 4.79 Å². The number of hydrogen-bond donors (Lipinski definition) is 0. The third-order valence-electron chi connectivity index (χ3n) is 3.49. The molecule has 0 aliphatic rings. The van der Waals surface area contributed by atoms with E-state index in [0.29, 0.717) is 12.4 Å². The Kier molecular flexibility index (Phi) is 6.05. The van der Waals surface area contributed by atoms with Gasteiger partial charge in [-0.25, -0.2) is 0 Å². The lowest BCUT2D eigenvalue weighted by molar-refractivity contribution is -0.153. The van der Waals surface area contributed by atoms with Crippen molar-refractivity contribution >= 4 is 21.9 Å². The maximum Gasteiger partial charge on any atom is 0.310 e. The first-order valence-electron chi connectivity index (χ1n) is 7.93. The monoisotopic (exact) mass is 390 g/mol. The highest BCUT2D eigenvalue weighted by atomic mass is 79.9. The van der Waals surface area contributed by atoms with Gasteiger partial charge in [-0.3, -0.25) is 4.79 Å². The lowest BCUT2D eigenvalue weighted by atomic mass is 10.1. The minimum absolute atomic E-state index is 0.199. The van der Waals surface area contributed by atoms with Gasteiger partial charge in [0.15, 0.2) is 0 Å². The number of carbonyl (C=O) groups is 1. The van der Waals surface area contributed by atoms with Crippen LogP contribution in [-0.2, 0) is 22.6 Å². The molecule has 0 aliphatic carbocycles. The van der Waals surface area contributed by atoms with Gasteiger partial charge in [-0.15, -0.1) is 0 Å². The van der Waals surface area contributed by atoms with E-state index in [1.54, 1.807) is 0 Å². The largest absolute Gasteiger partial charge is 0.489 e. The van der Waals surface area contributed by atoms with Crippen molar-refractivity contribution in [3.8, 4) is 5.75 Å². The standard InChI is InChI=1S/C20H23BrO3/c1-14-16(9-7-10-17(14)21)13-23-18-11-6-5-8-15(18)12-19(22)24-20(2,3)4/h5-11H,12-13H2,1-4H3. The molecule has 0 heterocycles. The molecule has 0 fully saturated rings. The van der Waals surface area contributed by atoms with Crippen molar-refractivity contribution in [2.75, 3.05) is 0 Å². The molecule has 0 saturated carbocycles. The molecular weight excluding hydrogens is 368 g/mol. The normalized spacial score (nSPS) is 11.2. The predicted molar refractivity (Wildman–Crippen MR) is 99.2 cm³/mol. The van der Waals surface area contributed by atoms with Crippen molar-refractivity contribution in [1.82, 2.24) is 0 Å². The molecule has 3 nitrogen and oxygen atoms in total. The Morgan fingerprint density at radius 2 is 1.71 bits per heavy atom. The molecule has 0 saturated heterocycles. The average Bonchev–Trinajstić information content (AvgIpc) is 2.48. The van der Waals surface area contributed by atoms with Gasteiger partial charge >= 0.3 is 5.97 Å². The molecule has 2 aromatic carbocycles. The molecule has 0 aromatic heterocycles. The number of hydrogen-bond acceptors (Lipinski definition) is 3. The number of ether oxygens (including phenoxy) is 2. The summed E-state index contributed by atoms with van der Waals surface area (Å²) < 4.78 is 12.4. The molecular formula is C20H23BrO3. The van der Waals surface area contributed by atoms with Gasteiger partial charge in [-0.1, -0.05) is 46.3 Å². The Bertz CT molecular complexity index is 717. The first-order chi connectivity index (χ1) is 11.3. The number of para-hydroxylation sites is 1. The Labute approximate surface area is 152 Å². The van der Waals surface area contributed by atoms with Crippen LogP contribution in [0.25, 0.3) is 0 Å². The molecule has 0 radical (unpaired) electrons. The molecule has 24 heavy (non-hydrogen) atoms. The highest BCUT2D eigenvalue weighted by Gasteiger charge is 2.18. The molecule has 2 aromatic rings. The van der Waals surface area contributed by atoms with Crippen LogP contribution in [0.3, 0.4) is 0 Å². The molecule has 2 rings (SSSR count). The summed E-state index contributed by atoms with van der Waals surface area (Å²) in [6, 6.07) is 13.6. The summed E-state index contributed by atoms with van der Waals surface area (Å²) in [6.07, 6.45) is 0.199. The van der Waals surface area contributed by atoms with Gasteiger partial charge in [-0.2, -0.15) is 0 Å². The van der Waals surface area contributed by atoms with Crippen LogP contribution < -0.4 is 4.74 Å². The van der Waals surface area contributed by atoms with E-state index in [2.05, 4.69) is 22.9 Å². The van der Waals surface area contributed by atoms with E-state index in [1.807, 2.05) is 63.2 Å². The molecule has 0 amide bonds. The van der Waals surface area contributed by atoms with Crippen LogP contribution in [-0.4, -0.2) is 11.6 Å². The number of carbonyl (C=O) groups excluding carboxylic acids is 1. The minimum Gasteiger partial charge on any atom is -0.489 e. The fourth-order valence-electron chi connectivity index (χ4n) is 2.29. The van der Waals surface area contributed by atoms with E-state index in [-0.39, 0.29) is 12.4 Å². The van der Waals surface area contributed by atoms with Crippen LogP contribution in [0.1, 0.15) is 37.5 Å². The van der Waals surface area contributed by atoms with Crippen LogP contribution in [0.15, 0.2) is 46.9 Å². The van der Waals surface area contributed by atoms with Gasteiger partial charge < -0.3 is 9.47 Å². The second-order valence-electron chi connectivity index (χ2n) is 6.68. The number of halogens is 1. The van der Waals surface area contributed by atoms with Gasteiger partial charge in [0.25, 0.3) is 0 Å². The van der Waals surface area contributed by atoms with Gasteiger partial charge in [0, 0.05) is 10.0 Å². The molecule has 4 heteroatoms. The maximum absolute atomic E-state index is 12.1. The van der Waals surface area contributed by atoms with Crippen molar-refractivity contribution in [3.05, 3.63) is 63.6 Å². The quantitative estimate of drug-likeness (QED) is 0.656. The smallest absolute Gasteiger partial charge is 0.310 e. The second-order valence-corrected chi connectivity index (χ2v) is 7.54. The zero-order valence-electron chi connectivity index (χ0n) is 14.6.